The second kappa shape index (κ2) is 15.9. The summed E-state index contributed by atoms with van der Waals surface area (Å²) in [4.78, 5) is 25.0. The van der Waals surface area contributed by atoms with Gasteiger partial charge in [0.05, 0.1) is 30.0 Å². The molecule has 0 aliphatic heterocycles. The third-order valence-electron chi connectivity index (χ3n) is 6.43. The maximum atomic E-state index is 13.3. The summed E-state index contributed by atoms with van der Waals surface area (Å²) in [5.41, 5.74) is 3.91. The number of hydrogen-bond donors (Lipinski definition) is 1. The number of sulfonamides is 1. The first-order valence-corrected chi connectivity index (χ1v) is 15.9. The Kier molecular flexibility index (Phi) is 13.3. The van der Waals surface area contributed by atoms with Crippen molar-refractivity contribution in [3.8, 4) is 11.1 Å². The van der Waals surface area contributed by atoms with Gasteiger partial charge in [0.1, 0.15) is 0 Å². The van der Waals surface area contributed by atoms with Crippen molar-refractivity contribution in [2.75, 3.05) is 22.1 Å². The largest absolute Gasteiger partial charge is 1.00 e. The first kappa shape index (κ1) is 33.5. The molecule has 1 amide bonds. The van der Waals surface area contributed by atoms with E-state index in [0.29, 0.717) is 34.6 Å². The topological polar surface area (TPSA) is 107 Å². The van der Waals surface area contributed by atoms with Gasteiger partial charge < -0.3 is 15.2 Å². The van der Waals surface area contributed by atoms with E-state index in [0.717, 1.165) is 17.5 Å². The molecule has 0 bridgehead atoms. The fraction of sp³-hybridized carbons (Fsp3) is 0.333. The molecule has 1 atom stereocenters. The van der Waals surface area contributed by atoms with Crippen LogP contribution in [0, 0.1) is 6.92 Å². The molecule has 40 heavy (non-hydrogen) atoms. The summed E-state index contributed by atoms with van der Waals surface area (Å²) in [6.45, 7) is 3.97. The van der Waals surface area contributed by atoms with Crippen LogP contribution in [0.25, 0.3) is 11.1 Å². The molecular weight excluding hydrogens is 539 g/mol. The number of anilines is 1. The van der Waals surface area contributed by atoms with Gasteiger partial charge in [0, 0.05) is 5.56 Å². The van der Waals surface area contributed by atoms with Gasteiger partial charge in [0.2, 0.25) is 10.0 Å². The Morgan fingerprint density at radius 3 is 2.30 bits per heavy atom. The minimum atomic E-state index is -3.60. The molecular formula is C30H35LiN2O5S2. The van der Waals surface area contributed by atoms with Crippen LogP contribution in [0.2, 0.25) is 0 Å². The van der Waals surface area contributed by atoms with Crippen molar-refractivity contribution in [2.45, 2.75) is 45.7 Å². The third-order valence-corrected chi connectivity index (χ3v) is 8.89. The van der Waals surface area contributed by atoms with Crippen molar-refractivity contribution in [3.63, 3.8) is 0 Å². The number of carbonyl (C=O) groups is 2. The molecule has 0 radical (unpaired) electrons. The minimum Gasteiger partial charge on any atom is -0.548 e. The molecule has 0 spiro atoms. The van der Waals surface area contributed by atoms with Gasteiger partial charge in [-0.15, -0.1) is 0 Å². The van der Waals surface area contributed by atoms with Crippen molar-refractivity contribution >= 4 is 39.3 Å². The van der Waals surface area contributed by atoms with Crippen LogP contribution < -0.4 is 33.6 Å². The standard InChI is InChI=1S/C30H36N2O5S2.Li/c1-4-5-19-39(36,37)32(24-12-7-6-8-13-24)21-23-15-16-26(27(20-23)25-14-10-9-11-22(25)2)29(33)31-28(30(34)35)17-18-38-3;/h6-16,20,28H,4-5,17-19,21H2,1-3H3,(H,31,33)(H,34,35);/q;+1/p-1. The van der Waals surface area contributed by atoms with Crippen LogP contribution in [0.4, 0.5) is 5.69 Å². The fourth-order valence-corrected chi connectivity index (χ4v) is 6.39. The summed E-state index contributed by atoms with van der Waals surface area (Å²) >= 11 is 1.49. The second-order valence-electron chi connectivity index (χ2n) is 9.33. The summed E-state index contributed by atoms with van der Waals surface area (Å²) in [5.74, 6) is -1.26. The quantitative estimate of drug-likeness (QED) is 0.292. The Hall–Kier alpha value is -2.70. The molecule has 0 saturated heterocycles. The van der Waals surface area contributed by atoms with Crippen LogP contribution in [-0.2, 0) is 21.4 Å². The van der Waals surface area contributed by atoms with Crippen molar-refractivity contribution in [1.82, 2.24) is 5.32 Å². The first-order chi connectivity index (χ1) is 18.7. The molecule has 0 saturated carbocycles. The number of carboxylic acids is 1. The molecule has 10 heteroatoms. The Bertz CT molecular complexity index is 1380. The predicted octanol–water partition coefficient (Wildman–Crippen LogP) is 1.40. The number of rotatable bonds is 14. The van der Waals surface area contributed by atoms with E-state index in [-0.39, 0.29) is 37.6 Å². The van der Waals surface area contributed by atoms with Gasteiger partial charge >= 0.3 is 18.9 Å². The van der Waals surface area contributed by atoms with Crippen molar-refractivity contribution in [3.05, 3.63) is 89.5 Å². The third kappa shape index (κ3) is 8.90. The molecule has 3 rings (SSSR count). The Balaban J connectivity index is 0.00000560. The van der Waals surface area contributed by atoms with Gasteiger partial charge in [-0.2, -0.15) is 11.8 Å². The van der Waals surface area contributed by atoms with Crippen molar-refractivity contribution in [2.24, 2.45) is 0 Å². The van der Waals surface area contributed by atoms with E-state index in [1.807, 2.05) is 56.5 Å². The molecule has 3 aromatic rings. The fourth-order valence-electron chi connectivity index (χ4n) is 4.25. The average molecular weight is 575 g/mol. The normalized spacial score (nSPS) is 11.8. The Morgan fingerprint density at radius 2 is 1.68 bits per heavy atom. The maximum absolute atomic E-state index is 13.3. The van der Waals surface area contributed by atoms with E-state index in [2.05, 4.69) is 5.32 Å². The molecule has 1 unspecified atom stereocenters. The van der Waals surface area contributed by atoms with Crippen LogP contribution in [-0.4, -0.2) is 44.1 Å². The van der Waals surface area contributed by atoms with Crippen molar-refractivity contribution in [1.29, 1.82) is 0 Å². The number of carboxylic acid groups (broad SMARTS) is 1. The van der Waals surface area contributed by atoms with E-state index in [1.54, 1.807) is 36.4 Å². The second-order valence-corrected chi connectivity index (χ2v) is 12.3. The molecule has 3 aromatic carbocycles. The van der Waals surface area contributed by atoms with Crippen LogP contribution >= 0.6 is 11.8 Å². The number of nitrogens with zero attached hydrogens (tertiary/aromatic N) is 1. The molecule has 1 N–H and O–H groups in total. The van der Waals surface area contributed by atoms with Gasteiger partial charge in [-0.25, -0.2) is 8.42 Å². The van der Waals surface area contributed by atoms with Gasteiger partial charge in [0.15, 0.2) is 0 Å². The minimum absolute atomic E-state index is 0. The van der Waals surface area contributed by atoms with E-state index in [4.69, 9.17) is 0 Å². The number of benzene rings is 3. The molecule has 0 fully saturated rings. The zero-order valence-electron chi connectivity index (χ0n) is 23.6. The number of aliphatic carboxylic acids is 1. The number of nitrogens with one attached hydrogen (secondary N) is 1. The summed E-state index contributed by atoms with van der Waals surface area (Å²) in [6, 6.07) is 20.6. The maximum Gasteiger partial charge on any atom is 1.00 e. The van der Waals surface area contributed by atoms with Crippen LogP contribution in [0.15, 0.2) is 72.8 Å². The molecule has 0 aromatic heterocycles. The van der Waals surface area contributed by atoms with E-state index >= 15 is 0 Å². The number of unbranched alkanes of at least 4 members (excludes halogenated alkanes) is 1. The zero-order valence-corrected chi connectivity index (χ0v) is 25.2. The molecule has 0 aliphatic rings. The number of para-hydroxylation sites is 1. The summed E-state index contributed by atoms with van der Waals surface area (Å²) in [7, 11) is -3.60. The van der Waals surface area contributed by atoms with Gasteiger partial charge in [-0.05, 0) is 78.3 Å². The van der Waals surface area contributed by atoms with E-state index in [9.17, 15) is 23.1 Å². The van der Waals surface area contributed by atoms with Crippen molar-refractivity contribution < 1.29 is 42.0 Å². The van der Waals surface area contributed by atoms with Gasteiger partial charge in [-0.1, -0.05) is 61.9 Å². The van der Waals surface area contributed by atoms with Crippen LogP contribution in [0.1, 0.15) is 47.7 Å². The number of thioether (sulfide) groups is 1. The summed E-state index contributed by atoms with van der Waals surface area (Å²) in [5, 5.41) is 14.3. The predicted molar refractivity (Wildman–Crippen MR) is 157 cm³/mol. The first-order valence-electron chi connectivity index (χ1n) is 12.9. The number of aryl methyl sites for hydroxylation is 1. The van der Waals surface area contributed by atoms with Gasteiger partial charge in [-0.3, -0.25) is 9.10 Å². The Morgan fingerprint density at radius 1 is 1.00 bits per heavy atom. The number of amides is 1. The average Bonchev–Trinajstić information content (AvgIpc) is 2.93. The van der Waals surface area contributed by atoms with Crippen LogP contribution in [0.3, 0.4) is 0 Å². The van der Waals surface area contributed by atoms with Gasteiger partial charge in [0.25, 0.3) is 5.91 Å². The molecule has 208 valence electrons. The van der Waals surface area contributed by atoms with E-state index in [1.165, 1.54) is 16.1 Å². The zero-order chi connectivity index (χ0) is 28.4. The van der Waals surface area contributed by atoms with Crippen LogP contribution in [0.5, 0.6) is 0 Å². The molecule has 7 nitrogen and oxygen atoms in total. The van der Waals surface area contributed by atoms with E-state index < -0.39 is 27.9 Å². The SMILES string of the molecule is CCCCS(=O)(=O)N(Cc1ccc(C(=O)NC(CCSC)C(=O)[O-])c(-c2ccccc2C)c1)c1ccccc1.[Li+]. The summed E-state index contributed by atoms with van der Waals surface area (Å²) < 4.78 is 28.1. The smallest absolute Gasteiger partial charge is 0.548 e. The Labute approximate surface area is 254 Å². The molecule has 0 aliphatic carbocycles. The monoisotopic (exact) mass is 574 g/mol. The summed E-state index contributed by atoms with van der Waals surface area (Å²) in [6.07, 6.45) is 3.42. The molecule has 0 heterocycles. The number of hydrogen-bond acceptors (Lipinski definition) is 6. The number of carbonyl (C=O) groups excluding carboxylic acids is 2.